The number of aliphatic imine (C=N–C) groups is 1. The van der Waals surface area contributed by atoms with Crippen molar-refractivity contribution in [1.82, 2.24) is 20.1 Å². The lowest BCUT2D eigenvalue weighted by Crippen LogP contribution is -2.29. The minimum Gasteiger partial charge on any atom is -0.305 e. The maximum Gasteiger partial charge on any atom is 0.268 e. The first kappa shape index (κ1) is 19.6. The van der Waals surface area contributed by atoms with Crippen LogP contribution in [0.1, 0.15) is 51.9 Å². The molecule has 2 atom stereocenters. The van der Waals surface area contributed by atoms with Crippen LogP contribution in [0.5, 0.6) is 0 Å². The summed E-state index contributed by atoms with van der Waals surface area (Å²) >= 11 is 0. The van der Waals surface area contributed by atoms with E-state index in [4.69, 9.17) is 4.99 Å². The highest BCUT2D eigenvalue weighted by Gasteiger charge is 2.36. The summed E-state index contributed by atoms with van der Waals surface area (Å²) in [5.74, 6) is -0.0864. The zero-order chi connectivity index (χ0) is 21.4. The van der Waals surface area contributed by atoms with Gasteiger partial charge in [-0.05, 0) is 61.8 Å². The molecule has 1 N–H and O–H groups in total. The van der Waals surface area contributed by atoms with Crippen LogP contribution in [-0.2, 0) is 13.0 Å². The highest BCUT2D eigenvalue weighted by Crippen LogP contribution is 2.44. The molecule has 3 heterocycles. The van der Waals surface area contributed by atoms with Crippen molar-refractivity contribution in [2.75, 3.05) is 14.1 Å². The predicted octanol–water partition coefficient (Wildman–Crippen LogP) is 3.40. The van der Waals surface area contributed by atoms with E-state index in [2.05, 4.69) is 64.5 Å². The molecule has 6 nitrogen and oxygen atoms in total. The average molecular weight is 412 g/mol. The molecule has 0 saturated carbocycles. The van der Waals surface area contributed by atoms with E-state index in [0.29, 0.717) is 6.42 Å². The molecule has 5 rings (SSSR count). The maximum atomic E-state index is 12.6. The Hall–Kier alpha value is -3.38. The van der Waals surface area contributed by atoms with Gasteiger partial charge >= 0.3 is 0 Å². The van der Waals surface area contributed by atoms with Gasteiger partial charge in [0.1, 0.15) is 0 Å². The molecule has 156 valence electrons. The van der Waals surface area contributed by atoms with Gasteiger partial charge in [-0.25, -0.2) is 5.10 Å². The molecule has 31 heavy (non-hydrogen) atoms. The molecular weight excluding hydrogens is 386 g/mol. The Bertz CT molecular complexity index is 1210. The van der Waals surface area contributed by atoms with E-state index < -0.39 is 0 Å². The summed E-state index contributed by atoms with van der Waals surface area (Å²) in [4.78, 5) is 24.1. The Morgan fingerprint density at radius 2 is 1.84 bits per heavy atom. The maximum absolute atomic E-state index is 12.6. The smallest absolute Gasteiger partial charge is 0.268 e. The Kier molecular flexibility index (Phi) is 5.08. The molecule has 0 saturated heterocycles. The highest BCUT2D eigenvalue weighted by molar-refractivity contribution is 6.11. The number of aromatic nitrogens is 3. The minimum atomic E-state index is -0.140. The summed E-state index contributed by atoms with van der Waals surface area (Å²) in [6, 6.07) is 12.6. The second kappa shape index (κ2) is 8.04. The van der Waals surface area contributed by atoms with Crippen LogP contribution in [0.25, 0.3) is 0 Å². The summed E-state index contributed by atoms with van der Waals surface area (Å²) in [6.45, 7) is 0.887. The summed E-state index contributed by atoms with van der Waals surface area (Å²) in [5, 5.41) is 7.34. The van der Waals surface area contributed by atoms with E-state index in [-0.39, 0.29) is 17.5 Å². The van der Waals surface area contributed by atoms with Gasteiger partial charge in [-0.3, -0.25) is 14.8 Å². The summed E-state index contributed by atoms with van der Waals surface area (Å²) in [6.07, 6.45) is 9.27. The number of nitrogens with one attached hydrogen (secondary N) is 1. The van der Waals surface area contributed by atoms with E-state index >= 15 is 0 Å². The quantitative estimate of drug-likeness (QED) is 0.714. The number of aromatic amines is 1. The zero-order valence-corrected chi connectivity index (χ0v) is 17.7. The van der Waals surface area contributed by atoms with Crippen LogP contribution in [0, 0.1) is 0 Å². The monoisotopic (exact) mass is 411 g/mol. The molecule has 2 unspecified atom stereocenters. The third-order valence-electron chi connectivity index (χ3n) is 5.98. The number of hydrogen-bond acceptors (Lipinski definition) is 5. The first-order valence-electron chi connectivity index (χ1n) is 10.6. The van der Waals surface area contributed by atoms with Crippen molar-refractivity contribution in [3.05, 3.63) is 105 Å². The Labute approximate surface area is 181 Å². The molecule has 1 aromatic carbocycles. The number of rotatable bonds is 4. The lowest BCUT2D eigenvalue weighted by atomic mass is 9.79. The van der Waals surface area contributed by atoms with Crippen LogP contribution in [-0.4, -0.2) is 39.9 Å². The van der Waals surface area contributed by atoms with Crippen molar-refractivity contribution < 1.29 is 0 Å². The van der Waals surface area contributed by atoms with Gasteiger partial charge in [-0.1, -0.05) is 30.3 Å². The van der Waals surface area contributed by atoms with E-state index in [1.54, 1.807) is 12.4 Å². The fraction of sp³-hybridized carbons (Fsp3) is 0.280. The molecule has 3 aromatic rings. The number of nitrogens with zero attached hydrogens (tertiary/aromatic N) is 4. The van der Waals surface area contributed by atoms with Crippen LogP contribution in [0.3, 0.4) is 0 Å². The molecule has 1 aliphatic carbocycles. The fourth-order valence-corrected chi connectivity index (χ4v) is 4.60. The summed E-state index contributed by atoms with van der Waals surface area (Å²) in [5.41, 5.74) is 6.81. The van der Waals surface area contributed by atoms with Crippen molar-refractivity contribution in [2.45, 2.75) is 31.3 Å². The van der Waals surface area contributed by atoms with E-state index in [1.165, 1.54) is 5.56 Å². The van der Waals surface area contributed by atoms with Crippen LogP contribution >= 0.6 is 0 Å². The number of H-pyrrole nitrogens is 1. The van der Waals surface area contributed by atoms with Gasteiger partial charge in [0.05, 0.1) is 23.4 Å². The molecule has 2 aromatic heterocycles. The second-order valence-corrected chi connectivity index (χ2v) is 8.43. The van der Waals surface area contributed by atoms with Crippen LogP contribution in [0.2, 0.25) is 0 Å². The molecule has 0 fully saturated rings. The van der Waals surface area contributed by atoms with Crippen molar-refractivity contribution >= 4 is 5.71 Å². The molecular formula is C25H25N5O. The van der Waals surface area contributed by atoms with Crippen molar-refractivity contribution in [3.8, 4) is 0 Å². The van der Waals surface area contributed by atoms with Crippen LogP contribution in [0.4, 0.5) is 0 Å². The van der Waals surface area contributed by atoms with Crippen LogP contribution < -0.4 is 5.56 Å². The third-order valence-corrected chi connectivity index (χ3v) is 5.98. The normalized spacial score (nSPS) is 19.6. The number of benzene rings is 1. The van der Waals surface area contributed by atoms with Gasteiger partial charge in [0, 0.05) is 30.1 Å². The highest BCUT2D eigenvalue weighted by atomic mass is 16.1. The van der Waals surface area contributed by atoms with Gasteiger partial charge in [0.2, 0.25) is 0 Å². The number of pyridine rings is 1. The Morgan fingerprint density at radius 3 is 2.58 bits per heavy atom. The largest absolute Gasteiger partial charge is 0.305 e. The van der Waals surface area contributed by atoms with Crippen molar-refractivity contribution in [2.24, 2.45) is 4.99 Å². The van der Waals surface area contributed by atoms with Crippen molar-refractivity contribution in [1.29, 1.82) is 0 Å². The first-order valence-corrected chi connectivity index (χ1v) is 10.6. The first-order chi connectivity index (χ1) is 15.1. The Morgan fingerprint density at radius 1 is 1.06 bits per heavy atom. The molecule has 0 amide bonds. The summed E-state index contributed by atoms with van der Waals surface area (Å²) < 4.78 is 0. The molecule has 0 bridgehead atoms. The SMILES string of the molecule is CN(C)Cc1ccc(C2c3n[nH]c(=O)c4c3C(=NC2c2ccncc2)C=CCC4)cc1. The lowest BCUT2D eigenvalue weighted by molar-refractivity contribution is 0.402. The second-order valence-electron chi connectivity index (χ2n) is 8.43. The van der Waals surface area contributed by atoms with Gasteiger partial charge < -0.3 is 4.90 Å². The molecule has 1 aliphatic heterocycles. The molecule has 2 aliphatic rings. The molecule has 6 heteroatoms. The Balaban J connectivity index is 1.70. The number of allylic oxidation sites excluding steroid dienone is 2. The van der Waals surface area contributed by atoms with E-state index in [9.17, 15) is 4.79 Å². The predicted molar refractivity (Wildman–Crippen MR) is 122 cm³/mol. The average Bonchev–Trinajstić information content (AvgIpc) is 3.00. The molecule has 0 radical (unpaired) electrons. The van der Waals surface area contributed by atoms with Gasteiger partial charge in [-0.15, -0.1) is 0 Å². The molecule has 0 spiro atoms. The van der Waals surface area contributed by atoms with Gasteiger partial charge in [0.25, 0.3) is 5.56 Å². The minimum absolute atomic E-state index is 0.0864. The lowest BCUT2D eigenvalue weighted by Gasteiger charge is -2.31. The van der Waals surface area contributed by atoms with Crippen molar-refractivity contribution in [3.63, 3.8) is 0 Å². The van der Waals surface area contributed by atoms with Gasteiger partial charge in [0.15, 0.2) is 0 Å². The zero-order valence-electron chi connectivity index (χ0n) is 17.7. The van der Waals surface area contributed by atoms with E-state index in [1.807, 2.05) is 18.2 Å². The van der Waals surface area contributed by atoms with E-state index in [0.717, 1.165) is 46.6 Å². The topological polar surface area (TPSA) is 74.2 Å². The number of hydrogen-bond donors (Lipinski definition) is 1. The summed E-state index contributed by atoms with van der Waals surface area (Å²) in [7, 11) is 4.13. The third kappa shape index (κ3) is 3.64. The fourth-order valence-electron chi connectivity index (χ4n) is 4.60. The van der Waals surface area contributed by atoms with Gasteiger partial charge in [-0.2, -0.15) is 5.10 Å². The van der Waals surface area contributed by atoms with Crippen LogP contribution in [0.15, 0.2) is 70.7 Å². The standard InChI is InChI=1S/C25H25N5O/c1-30(2)15-16-7-9-17(10-8-16)21-23(18-11-13-26-14-12-18)27-20-6-4-3-5-19-22(20)24(21)28-29-25(19)31/h4,6-14,21,23H,3,5,15H2,1-2H3,(H,29,31).